The normalized spacial score (nSPS) is 20.9. The van der Waals surface area contributed by atoms with Crippen LogP contribution in [0.15, 0.2) is 72.8 Å². The van der Waals surface area contributed by atoms with Crippen molar-refractivity contribution in [2.24, 2.45) is 0 Å². The number of hydrogen-bond acceptors (Lipinski definition) is 2. The number of amides is 1. The third-order valence-electron chi connectivity index (χ3n) is 6.01. The predicted molar refractivity (Wildman–Crippen MR) is 114 cm³/mol. The van der Waals surface area contributed by atoms with Crippen molar-refractivity contribution in [2.45, 2.75) is 38.9 Å². The lowest BCUT2D eigenvalue weighted by Crippen LogP contribution is -2.38. The highest BCUT2D eigenvalue weighted by atomic mass is 16.2. The lowest BCUT2D eigenvalue weighted by Gasteiger charge is -2.37. The van der Waals surface area contributed by atoms with Crippen LogP contribution in [0.25, 0.3) is 0 Å². The molecule has 2 heterocycles. The van der Waals surface area contributed by atoms with Crippen LogP contribution < -0.4 is 9.80 Å². The van der Waals surface area contributed by atoms with Crippen LogP contribution in [0.2, 0.25) is 0 Å². The molecule has 5 rings (SSSR count). The van der Waals surface area contributed by atoms with E-state index in [0.29, 0.717) is 0 Å². The Labute approximate surface area is 166 Å². The van der Waals surface area contributed by atoms with Gasteiger partial charge < -0.3 is 4.90 Å². The number of fused-ring (bicyclic) bond motifs is 3. The number of anilines is 2. The molecule has 0 radical (unpaired) electrons. The molecule has 140 valence electrons. The number of carbonyl (C=O) groups excluding carboxylic acids is 1. The monoisotopic (exact) mass is 368 g/mol. The maximum absolute atomic E-state index is 13.6. The SMILES string of the molecule is Cc1ccc(C2N(c3ccc(C)cc3)C(=O)C3CCc4ccccc4N32)cc1. The van der Waals surface area contributed by atoms with Gasteiger partial charge >= 0.3 is 0 Å². The summed E-state index contributed by atoms with van der Waals surface area (Å²) in [5.41, 5.74) is 7.06. The van der Waals surface area contributed by atoms with Gasteiger partial charge in [-0.15, -0.1) is 0 Å². The quantitative estimate of drug-likeness (QED) is 0.623. The Kier molecular flexibility index (Phi) is 3.97. The van der Waals surface area contributed by atoms with E-state index in [1.165, 1.54) is 22.4 Å². The minimum atomic E-state index is -0.123. The first-order valence-corrected chi connectivity index (χ1v) is 9.96. The van der Waals surface area contributed by atoms with E-state index >= 15 is 0 Å². The largest absolute Gasteiger partial charge is 0.335 e. The van der Waals surface area contributed by atoms with Crippen molar-refractivity contribution < 1.29 is 4.79 Å². The maximum Gasteiger partial charge on any atom is 0.251 e. The van der Waals surface area contributed by atoms with Gasteiger partial charge in [0.25, 0.3) is 5.91 Å². The van der Waals surface area contributed by atoms with Crippen LogP contribution in [0.3, 0.4) is 0 Å². The van der Waals surface area contributed by atoms with E-state index in [1.807, 2.05) is 4.90 Å². The molecule has 2 aliphatic rings. The summed E-state index contributed by atoms with van der Waals surface area (Å²) in [5.74, 6) is 0.198. The van der Waals surface area contributed by atoms with Crippen LogP contribution in [-0.2, 0) is 11.2 Å². The van der Waals surface area contributed by atoms with Crippen molar-refractivity contribution in [3.8, 4) is 0 Å². The second kappa shape index (κ2) is 6.52. The van der Waals surface area contributed by atoms with Crippen LogP contribution in [0, 0.1) is 13.8 Å². The number of benzene rings is 3. The van der Waals surface area contributed by atoms with Gasteiger partial charge in [-0.05, 0) is 56.0 Å². The molecule has 3 heteroatoms. The van der Waals surface area contributed by atoms with Gasteiger partial charge in [0.1, 0.15) is 12.2 Å². The minimum absolute atomic E-state index is 0.109. The Hall–Kier alpha value is -3.07. The molecular formula is C25H24N2O. The van der Waals surface area contributed by atoms with E-state index < -0.39 is 0 Å². The smallest absolute Gasteiger partial charge is 0.251 e. The fraction of sp³-hybridized carbons (Fsp3) is 0.240. The summed E-state index contributed by atoms with van der Waals surface area (Å²) in [5, 5.41) is 0. The zero-order chi connectivity index (χ0) is 19.3. The molecule has 2 atom stereocenters. The first kappa shape index (κ1) is 17.1. The van der Waals surface area contributed by atoms with Crippen LogP contribution in [0.1, 0.15) is 34.8 Å². The molecule has 0 aliphatic carbocycles. The third kappa shape index (κ3) is 2.62. The predicted octanol–water partition coefficient (Wildman–Crippen LogP) is 5.17. The number of para-hydroxylation sites is 1. The standard InChI is InChI=1S/C25H24N2O/c1-17-7-11-20(12-8-17)24-26(21-14-9-18(2)10-15-21)25(28)23-16-13-19-5-3-4-6-22(19)27(23)24/h3-12,14-15,23-24H,13,16H2,1-2H3. The molecular weight excluding hydrogens is 344 g/mol. The van der Waals surface area contributed by atoms with Gasteiger partial charge in [-0.1, -0.05) is 65.7 Å². The van der Waals surface area contributed by atoms with E-state index in [9.17, 15) is 4.79 Å². The van der Waals surface area contributed by atoms with E-state index in [1.54, 1.807) is 0 Å². The first-order chi connectivity index (χ1) is 13.6. The second-order valence-electron chi connectivity index (χ2n) is 7.92. The molecule has 2 aliphatic heterocycles. The van der Waals surface area contributed by atoms with E-state index in [0.717, 1.165) is 24.1 Å². The van der Waals surface area contributed by atoms with Gasteiger partial charge in [0.15, 0.2) is 0 Å². The van der Waals surface area contributed by atoms with Gasteiger partial charge in [-0.3, -0.25) is 9.69 Å². The van der Waals surface area contributed by atoms with Gasteiger partial charge in [-0.2, -0.15) is 0 Å². The highest BCUT2D eigenvalue weighted by Gasteiger charge is 2.49. The molecule has 0 spiro atoms. The summed E-state index contributed by atoms with van der Waals surface area (Å²) in [7, 11) is 0. The molecule has 0 N–H and O–H groups in total. The lowest BCUT2D eigenvalue weighted by molar-refractivity contribution is -0.118. The first-order valence-electron chi connectivity index (χ1n) is 9.96. The summed E-state index contributed by atoms with van der Waals surface area (Å²) in [4.78, 5) is 17.9. The summed E-state index contributed by atoms with van der Waals surface area (Å²) in [6, 6.07) is 25.3. The summed E-state index contributed by atoms with van der Waals surface area (Å²) in [6.45, 7) is 4.17. The highest BCUT2D eigenvalue weighted by Crippen LogP contribution is 2.46. The fourth-order valence-electron chi connectivity index (χ4n) is 4.55. The van der Waals surface area contributed by atoms with Crippen LogP contribution in [0.5, 0.6) is 0 Å². The number of hydrogen-bond donors (Lipinski definition) is 0. The summed E-state index contributed by atoms with van der Waals surface area (Å²) >= 11 is 0. The molecule has 1 saturated heterocycles. The zero-order valence-electron chi connectivity index (χ0n) is 16.3. The van der Waals surface area contributed by atoms with Gasteiger partial charge in [0.05, 0.1) is 0 Å². The van der Waals surface area contributed by atoms with Crippen molar-refractivity contribution in [3.05, 3.63) is 95.1 Å². The summed E-state index contributed by atoms with van der Waals surface area (Å²) < 4.78 is 0. The molecule has 3 aromatic carbocycles. The van der Waals surface area contributed by atoms with Gasteiger partial charge in [0.2, 0.25) is 0 Å². The number of rotatable bonds is 2. The van der Waals surface area contributed by atoms with Crippen LogP contribution in [0.4, 0.5) is 11.4 Å². The van der Waals surface area contributed by atoms with Crippen molar-refractivity contribution in [2.75, 3.05) is 9.80 Å². The van der Waals surface area contributed by atoms with Crippen molar-refractivity contribution in [1.82, 2.24) is 0 Å². The van der Waals surface area contributed by atoms with Crippen molar-refractivity contribution in [3.63, 3.8) is 0 Å². The molecule has 1 amide bonds. The Morgan fingerprint density at radius 3 is 2.18 bits per heavy atom. The lowest BCUT2D eigenvalue weighted by atomic mass is 9.95. The molecule has 2 unspecified atom stereocenters. The Balaban J connectivity index is 1.69. The molecule has 0 aromatic heterocycles. The number of nitrogens with zero attached hydrogens (tertiary/aromatic N) is 2. The maximum atomic E-state index is 13.6. The average molecular weight is 368 g/mol. The number of carbonyl (C=O) groups is 1. The molecule has 0 saturated carbocycles. The Bertz CT molecular complexity index is 1020. The Morgan fingerprint density at radius 1 is 0.821 bits per heavy atom. The fourth-order valence-corrected chi connectivity index (χ4v) is 4.55. The van der Waals surface area contributed by atoms with E-state index in [4.69, 9.17) is 0 Å². The van der Waals surface area contributed by atoms with Crippen molar-refractivity contribution >= 4 is 17.3 Å². The van der Waals surface area contributed by atoms with E-state index in [2.05, 4.69) is 91.5 Å². The zero-order valence-corrected chi connectivity index (χ0v) is 16.3. The van der Waals surface area contributed by atoms with Crippen LogP contribution >= 0.6 is 0 Å². The van der Waals surface area contributed by atoms with Crippen molar-refractivity contribution in [1.29, 1.82) is 0 Å². The van der Waals surface area contributed by atoms with Gasteiger partial charge in [0, 0.05) is 11.4 Å². The van der Waals surface area contributed by atoms with Gasteiger partial charge in [-0.25, -0.2) is 0 Å². The molecule has 1 fully saturated rings. The second-order valence-corrected chi connectivity index (χ2v) is 7.92. The Morgan fingerprint density at radius 2 is 1.46 bits per heavy atom. The van der Waals surface area contributed by atoms with Crippen LogP contribution in [-0.4, -0.2) is 11.9 Å². The third-order valence-corrected chi connectivity index (χ3v) is 6.01. The van der Waals surface area contributed by atoms with E-state index in [-0.39, 0.29) is 18.1 Å². The summed E-state index contributed by atoms with van der Waals surface area (Å²) in [6.07, 6.45) is 1.69. The molecule has 0 bridgehead atoms. The highest BCUT2D eigenvalue weighted by molar-refractivity contribution is 6.04. The number of aryl methyl sites for hydroxylation is 3. The topological polar surface area (TPSA) is 23.6 Å². The minimum Gasteiger partial charge on any atom is -0.335 e. The molecule has 3 aromatic rings. The average Bonchev–Trinajstić information content (AvgIpc) is 3.02. The molecule has 28 heavy (non-hydrogen) atoms. The molecule has 3 nitrogen and oxygen atoms in total.